The lowest BCUT2D eigenvalue weighted by Crippen LogP contribution is -2.38. The lowest BCUT2D eigenvalue weighted by Gasteiger charge is -2.31. The maximum Gasteiger partial charge on any atom is 0.309 e. The Morgan fingerprint density at radius 1 is 1.31 bits per heavy atom. The first-order valence-electron chi connectivity index (χ1n) is 9.81. The topological polar surface area (TPSA) is 148 Å². The van der Waals surface area contributed by atoms with Crippen LogP contribution in [0.2, 0.25) is 0 Å². The summed E-state index contributed by atoms with van der Waals surface area (Å²) in [6, 6.07) is 9.49. The van der Waals surface area contributed by atoms with E-state index in [0.717, 1.165) is 5.82 Å². The Morgan fingerprint density at radius 2 is 2.06 bits per heavy atom. The predicted octanol–water partition coefficient (Wildman–Crippen LogP) is 2.27. The number of nitro groups is 1. The second-order valence-electron chi connectivity index (χ2n) is 7.07. The fraction of sp³-hybridized carbons (Fsp3) is 0.333. The summed E-state index contributed by atoms with van der Waals surface area (Å²) < 4.78 is 10.1. The fourth-order valence-electron chi connectivity index (χ4n) is 3.32. The monoisotopic (exact) mass is 439 g/mol. The summed E-state index contributed by atoms with van der Waals surface area (Å²) in [5.74, 6) is -0.504. The van der Waals surface area contributed by atoms with Gasteiger partial charge in [-0.1, -0.05) is 0 Å². The van der Waals surface area contributed by atoms with Crippen molar-refractivity contribution in [3.05, 3.63) is 52.2 Å². The van der Waals surface area contributed by atoms with Crippen LogP contribution in [0.15, 0.2) is 36.5 Å². The van der Waals surface area contributed by atoms with E-state index in [9.17, 15) is 19.7 Å². The van der Waals surface area contributed by atoms with Gasteiger partial charge in [0.2, 0.25) is 0 Å². The molecule has 1 fully saturated rings. The fourth-order valence-corrected chi connectivity index (χ4v) is 3.32. The van der Waals surface area contributed by atoms with Gasteiger partial charge in [-0.3, -0.25) is 19.7 Å². The van der Waals surface area contributed by atoms with Crippen molar-refractivity contribution >= 4 is 29.1 Å². The number of benzene rings is 1. The molecule has 32 heavy (non-hydrogen) atoms. The average Bonchev–Trinajstić information content (AvgIpc) is 2.82. The van der Waals surface area contributed by atoms with Gasteiger partial charge in [-0.15, -0.1) is 0 Å². The Balaban J connectivity index is 1.48. The van der Waals surface area contributed by atoms with Crippen molar-refractivity contribution in [3.63, 3.8) is 0 Å². The number of piperidine rings is 1. The van der Waals surface area contributed by atoms with Gasteiger partial charge < -0.3 is 19.7 Å². The SMILES string of the molecule is COc1ccc(NC(=O)COC(=O)C2CCN(c3ccc(C#N)cn3)CC2)c([N+](=O)[O-])c1. The van der Waals surface area contributed by atoms with E-state index in [0.29, 0.717) is 31.5 Å². The Morgan fingerprint density at radius 3 is 2.66 bits per heavy atom. The molecule has 1 amide bonds. The van der Waals surface area contributed by atoms with Crippen LogP contribution >= 0.6 is 0 Å². The molecule has 1 aliphatic rings. The van der Waals surface area contributed by atoms with Gasteiger partial charge in [0.15, 0.2) is 6.61 Å². The molecule has 166 valence electrons. The summed E-state index contributed by atoms with van der Waals surface area (Å²) in [4.78, 5) is 41.3. The second-order valence-corrected chi connectivity index (χ2v) is 7.07. The van der Waals surface area contributed by atoms with Crippen molar-refractivity contribution in [2.45, 2.75) is 12.8 Å². The van der Waals surface area contributed by atoms with Crippen molar-refractivity contribution in [1.29, 1.82) is 5.26 Å². The molecule has 1 aliphatic heterocycles. The molecule has 0 aliphatic carbocycles. The normalized spacial score (nSPS) is 13.7. The van der Waals surface area contributed by atoms with Gasteiger partial charge in [0.05, 0.1) is 29.6 Å². The number of nitriles is 1. The number of methoxy groups -OCH3 is 1. The quantitative estimate of drug-likeness (QED) is 0.389. The summed E-state index contributed by atoms with van der Waals surface area (Å²) in [6.45, 7) is 0.630. The van der Waals surface area contributed by atoms with Crippen LogP contribution in [0.25, 0.3) is 0 Å². The number of amides is 1. The Hall–Kier alpha value is -4.20. The van der Waals surface area contributed by atoms with E-state index >= 15 is 0 Å². The minimum Gasteiger partial charge on any atom is -0.496 e. The summed E-state index contributed by atoms with van der Waals surface area (Å²) >= 11 is 0. The molecule has 0 radical (unpaired) electrons. The number of rotatable bonds is 7. The summed E-state index contributed by atoms with van der Waals surface area (Å²) in [7, 11) is 1.38. The molecule has 1 N–H and O–H groups in total. The standard InChI is InChI=1S/C21H21N5O6/c1-31-16-3-4-17(18(10-16)26(29)30)24-20(27)13-32-21(28)15-6-8-25(9-7-15)19-5-2-14(11-22)12-23-19/h2-5,10,12,15H,6-9,13H2,1H3,(H,24,27). The third-order valence-corrected chi connectivity index (χ3v) is 5.05. The van der Waals surface area contributed by atoms with Gasteiger partial charge in [-0.25, -0.2) is 4.98 Å². The first-order chi connectivity index (χ1) is 15.4. The molecule has 2 heterocycles. The van der Waals surface area contributed by atoms with Gasteiger partial charge in [0, 0.05) is 19.3 Å². The average molecular weight is 439 g/mol. The molecule has 3 rings (SSSR count). The summed E-state index contributed by atoms with van der Waals surface area (Å²) in [6.07, 6.45) is 2.57. The third kappa shape index (κ3) is 5.48. The third-order valence-electron chi connectivity index (χ3n) is 5.05. The van der Waals surface area contributed by atoms with Gasteiger partial charge in [0.1, 0.15) is 23.3 Å². The number of ether oxygens (including phenoxy) is 2. The Labute approximate surface area is 183 Å². The summed E-state index contributed by atoms with van der Waals surface area (Å²) in [5, 5.41) is 22.4. The van der Waals surface area contributed by atoms with Crippen LogP contribution in [-0.2, 0) is 14.3 Å². The minimum atomic E-state index is -0.675. The molecule has 1 aromatic carbocycles. The Bertz CT molecular complexity index is 1040. The Kier molecular flexibility index (Phi) is 7.17. The number of pyridine rings is 1. The molecular weight excluding hydrogens is 418 g/mol. The van der Waals surface area contributed by atoms with Crippen LogP contribution in [0.3, 0.4) is 0 Å². The zero-order valence-corrected chi connectivity index (χ0v) is 17.3. The number of nitrogens with zero attached hydrogens (tertiary/aromatic N) is 4. The number of nitro benzene ring substituents is 1. The van der Waals surface area contributed by atoms with Gasteiger partial charge in [-0.05, 0) is 37.1 Å². The highest BCUT2D eigenvalue weighted by Gasteiger charge is 2.27. The van der Waals surface area contributed by atoms with Crippen LogP contribution in [0.5, 0.6) is 5.75 Å². The number of nitrogens with one attached hydrogen (secondary N) is 1. The smallest absolute Gasteiger partial charge is 0.309 e. The van der Waals surface area contributed by atoms with E-state index in [-0.39, 0.29) is 23.0 Å². The van der Waals surface area contributed by atoms with Gasteiger partial charge >= 0.3 is 5.97 Å². The minimum absolute atomic E-state index is 0.0138. The van der Waals surface area contributed by atoms with Crippen molar-refractivity contribution in [1.82, 2.24) is 4.98 Å². The highest BCUT2D eigenvalue weighted by molar-refractivity contribution is 5.95. The zero-order valence-electron chi connectivity index (χ0n) is 17.3. The first-order valence-corrected chi connectivity index (χ1v) is 9.81. The summed E-state index contributed by atoms with van der Waals surface area (Å²) in [5.41, 5.74) is 0.137. The van der Waals surface area contributed by atoms with Crippen molar-refractivity contribution in [2.24, 2.45) is 5.92 Å². The highest BCUT2D eigenvalue weighted by Crippen LogP contribution is 2.29. The molecule has 2 aromatic rings. The maximum atomic E-state index is 12.3. The lowest BCUT2D eigenvalue weighted by atomic mass is 9.97. The van der Waals surface area contributed by atoms with E-state index in [1.807, 2.05) is 11.0 Å². The molecule has 0 unspecified atom stereocenters. The van der Waals surface area contributed by atoms with E-state index in [1.165, 1.54) is 31.5 Å². The van der Waals surface area contributed by atoms with E-state index in [2.05, 4.69) is 10.3 Å². The molecule has 1 saturated heterocycles. The number of carbonyl (C=O) groups is 2. The molecule has 0 atom stereocenters. The van der Waals surface area contributed by atoms with E-state index < -0.39 is 23.4 Å². The van der Waals surface area contributed by atoms with Gasteiger partial charge in [0.25, 0.3) is 11.6 Å². The number of anilines is 2. The van der Waals surface area contributed by atoms with Crippen LogP contribution in [0, 0.1) is 27.4 Å². The molecule has 0 saturated carbocycles. The predicted molar refractivity (Wildman–Crippen MR) is 113 cm³/mol. The molecule has 11 nitrogen and oxygen atoms in total. The van der Waals surface area contributed by atoms with Crippen LogP contribution in [0.4, 0.5) is 17.2 Å². The lowest BCUT2D eigenvalue weighted by molar-refractivity contribution is -0.384. The van der Waals surface area contributed by atoms with Crippen LogP contribution in [0.1, 0.15) is 18.4 Å². The molecule has 0 bridgehead atoms. The number of hydrogen-bond acceptors (Lipinski definition) is 9. The first kappa shape index (κ1) is 22.5. The highest BCUT2D eigenvalue weighted by atomic mass is 16.6. The molecule has 1 aromatic heterocycles. The largest absolute Gasteiger partial charge is 0.496 e. The van der Waals surface area contributed by atoms with Crippen LogP contribution < -0.4 is 15.0 Å². The number of carbonyl (C=O) groups excluding carboxylic acids is 2. The number of aromatic nitrogens is 1. The van der Waals surface area contributed by atoms with Crippen molar-refractivity contribution < 1.29 is 24.0 Å². The van der Waals surface area contributed by atoms with Crippen molar-refractivity contribution in [3.8, 4) is 11.8 Å². The zero-order chi connectivity index (χ0) is 23.1. The number of hydrogen-bond donors (Lipinski definition) is 1. The van der Waals surface area contributed by atoms with Crippen molar-refractivity contribution in [2.75, 3.05) is 37.0 Å². The number of esters is 1. The second kappa shape index (κ2) is 10.2. The molecule has 11 heteroatoms. The molecule has 0 spiro atoms. The van der Waals surface area contributed by atoms with Gasteiger partial charge in [-0.2, -0.15) is 5.26 Å². The van der Waals surface area contributed by atoms with Crippen LogP contribution in [-0.4, -0.2) is 48.6 Å². The van der Waals surface area contributed by atoms with E-state index in [4.69, 9.17) is 14.7 Å². The molecular formula is C21H21N5O6. The maximum absolute atomic E-state index is 12.3. The van der Waals surface area contributed by atoms with E-state index in [1.54, 1.807) is 12.1 Å².